The molecule has 6 nitrogen and oxygen atoms in total. The minimum absolute atomic E-state index is 0.0458. The van der Waals surface area contributed by atoms with Crippen LogP contribution in [-0.4, -0.2) is 72.1 Å². The third-order valence-corrected chi connectivity index (χ3v) is 19.5. The van der Waals surface area contributed by atoms with Crippen LogP contribution in [0.5, 0.6) is 0 Å². The summed E-state index contributed by atoms with van der Waals surface area (Å²) in [5, 5.41) is 0.286. The molecular weight excluding hydrogens is 693 g/mol. The first-order chi connectivity index (χ1) is 23.6. The zero-order valence-electron chi connectivity index (χ0n) is 40.0. The molecule has 0 spiro atoms. The number of benzene rings is 1. The van der Waals surface area contributed by atoms with Gasteiger partial charge in [0.15, 0.2) is 16.6 Å². The van der Waals surface area contributed by atoms with Crippen LogP contribution in [0, 0.1) is 0 Å². The van der Waals surface area contributed by atoms with Gasteiger partial charge in [0.2, 0.25) is 0 Å². The molecule has 1 aromatic carbocycles. The summed E-state index contributed by atoms with van der Waals surface area (Å²) in [5.74, 6) is 0. The van der Waals surface area contributed by atoms with Gasteiger partial charge in [0.05, 0.1) is 55.4 Å². The lowest BCUT2D eigenvalue weighted by molar-refractivity contribution is -0.0186. The molecule has 0 atom stereocenters. The van der Waals surface area contributed by atoms with Gasteiger partial charge in [-0.05, 0) is 130 Å². The van der Waals surface area contributed by atoms with Crippen LogP contribution in [0.25, 0.3) is 0 Å². The maximum absolute atomic E-state index is 6.42. The molecule has 53 heavy (non-hydrogen) atoms. The van der Waals surface area contributed by atoms with E-state index in [2.05, 4.69) is 178 Å². The van der Waals surface area contributed by atoms with Crippen molar-refractivity contribution in [3.05, 3.63) is 35.9 Å². The zero-order chi connectivity index (χ0) is 42.5. The Hall–Kier alpha value is -0.586. The lowest BCUT2D eigenvalue weighted by Gasteiger charge is -2.42. The van der Waals surface area contributed by atoms with Gasteiger partial charge in [0, 0.05) is 6.61 Å². The monoisotopic (exact) mass is 787 g/mol. The van der Waals surface area contributed by atoms with E-state index in [0.29, 0.717) is 43.1 Å². The largest absolute Gasteiger partial charge is 0.414 e. The van der Waals surface area contributed by atoms with Crippen LogP contribution in [0.1, 0.15) is 164 Å². The van der Waals surface area contributed by atoms with E-state index in [-0.39, 0.29) is 27.4 Å². The Balaban J connectivity index is -0.000000651. The molecule has 0 saturated heterocycles. The van der Waals surface area contributed by atoms with Crippen LogP contribution >= 0.6 is 0 Å². The highest BCUT2D eigenvalue weighted by atomic mass is 28.4. The van der Waals surface area contributed by atoms with Gasteiger partial charge in [-0.15, -0.1) is 0 Å². The van der Waals surface area contributed by atoms with E-state index in [1.807, 2.05) is 18.2 Å². The predicted molar refractivity (Wildman–Crippen MR) is 239 cm³/mol. The van der Waals surface area contributed by atoms with Crippen molar-refractivity contribution in [1.82, 2.24) is 0 Å². The average molecular weight is 787 g/mol. The van der Waals surface area contributed by atoms with E-state index >= 15 is 0 Å². The minimum Gasteiger partial charge on any atom is -0.414 e. The molecule has 0 aromatic heterocycles. The Morgan fingerprint density at radius 1 is 0.472 bits per heavy atom. The van der Waals surface area contributed by atoms with Crippen LogP contribution in [0.2, 0.25) is 34.8 Å². The Kier molecular flexibility index (Phi) is 27.4. The van der Waals surface area contributed by atoms with Crippen LogP contribution < -0.4 is 0 Å². The van der Waals surface area contributed by atoms with Crippen molar-refractivity contribution < 1.29 is 27.8 Å². The van der Waals surface area contributed by atoms with E-state index in [1.54, 1.807) is 0 Å². The Bertz CT molecular complexity index is 983. The van der Waals surface area contributed by atoms with Gasteiger partial charge in [-0.3, -0.25) is 0 Å². The molecular formula is C45H94O6Si2. The second-order valence-electron chi connectivity index (χ2n) is 20.5. The smallest absolute Gasteiger partial charge is 0.200 e. The van der Waals surface area contributed by atoms with Gasteiger partial charge in [-0.25, -0.2) is 0 Å². The van der Waals surface area contributed by atoms with Crippen LogP contribution in [0.3, 0.4) is 0 Å². The topological polar surface area (TPSA) is 55.4 Å². The number of rotatable bonds is 15. The quantitative estimate of drug-likeness (QED) is 0.130. The number of hydrogen-bond acceptors (Lipinski definition) is 6. The zero-order valence-corrected chi connectivity index (χ0v) is 42.0. The molecule has 0 aliphatic carbocycles. The second-order valence-corrected chi connectivity index (χ2v) is 30.8. The lowest BCUT2D eigenvalue weighted by Crippen LogP contribution is -2.48. The average Bonchev–Trinajstić information content (AvgIpc) is 2.96. The third kappa shape index (κ3) is 31.2. The molecule has 0 radical (unpaired) electrons. The molecule has 0 N–H and O–H groups in total. The van der Waals surface area contributed by atoms with Gasteiger partial charge < -0.3 is 27.8 Å². The molecule has 0 saturated carbocycles. The Morgan fingerprint density at radius 3 is 1.09 bits per heavy atom. The van der Waals surface area contributed by atoms with E-state index in [1.165, 1.54) is 5.56 Å². The fraction of sp³-hybridized carbons (Fsp3) is 0.867. The molecule has 0 amide bonds. The molecule has 1 aromatic rings. The summed E-state index contributed by atoms with van der Waals surface area (Å²) < 4.78 is 34.8. The van der Waals surface area contributed by atoms with E-state index in [4.69, 9.17) is 27.8 Å². The van der Waals surface area contributed by atoms with E-state index < -0.39 is 16.6 Å². The Morgan fingerprint density at radius 2 is 0.811 bits per heavy atom. The van der Waals surface area contributed by atoms with Gasteiger partial charge in [0.1, 0.15) is 0 Å². The minimum atomic E-state index is -1.70. The summed E-state index contributed by atoms with van der Waals surface area (Å²) in [6, 6.07) is 10.2. The molecule has 0 unspecified atom stereocenters. The van der Waals surface area contributed by atoms with Crippen molar-refractivity contribution in [2.45, 2.75) is 223 Å². The summed E-state index contributed by atoms with van der Waals surface area (Å²) in [4.78, 5) is 0. The Labute approximate surface area is 334 Å². The molecule has 8 heteroatoms. The van der Waals surface area contributed by atoms with E-state index in [9.17, 15) is 0 Å². The lowest BCUT2D eigenvalue weighted by atomic mass is 10.2. The molecule has 0 aliphatic heterocycles. The molecule has 0 aliphatic rings. The maximum atomic E-state index is 6.42. The first kappa shape index (κ1) is 56.7. The van der Waals surface area contributed by atoms with Gasteiger partial charge in [0.25, 0.3) is 0 Å². The summed E-state index contributed by atoms with van der Waals surface area (Å²) in [5.41, 5.74) is 3.04. The molecule has 0 heterocycles. The molecule has 318 valence electrons. The van der Waals surface area contributed by atoms with Crippen LogP contribution in [-0.2, 0) is 34.4 Å². The summed E-state index contributed by atoms with van der Waals surface area (Å²) >= 11 is 0. The fourth-order valence-corrected chi connectivity index (χ4v) is 11.7. The van der Waals surface area contributed by atoms with Crippen LogP contribution in [0.15, 0.2) is 30.3 Å². The maximum Gasteiger partial charge on any atom is 0.200 e. The van der Waals surface area contributed by atoms with Crippen molar-refractivity contribution in [2.24, 2.45) is 0 Å². The first-order valence-corrected chi connectivity index (χ1v) is 25.6. The highest BCUT2D eigenvalue weighted by Gasteiger charge is 2.45. The number of ether oxygens (including phenoxy) is 4. The normalized spacial score (nSPS) is 13.3. The molecule has 0 fully saturated rings. The van der Waals surface area contributed by atoms with Crippen molar-refractivity contribution in [1.29, 1.82) is 0 Å². The summed E-state index contributed by atoms with van der Waals surface area (Å²) in [6.45, 7) is 56.6. The predicted octanol–water partition coefficient (Wildman–Crippen LogP) is 14.0. The fourth-order valence-electron chi connectivity index (χ4n) is 5.21. The van der Waals surface area contributed by atoms with Gasteiger partial charge in [-0.1, -0.05) is 99.6 Å². The van der Waals surface area contributed by atoms with Crippen molar-refractivity contribution in [3.8, 4) is 0 Å². The molecule has 0 bridgehead atoms. The van der Waals surface area contributed by atoms with Crippen LogP contribution in [0.4, 0.5) is 0 Å². The molecule has 1 rings (SSSR count). The van der Waals surface area contributed by atoms with Crippen molar-refractivity contribution >= 4 is 16.6 Å². The second kappa shape index (κ2) is 25.6. The standard InChI is InChI=1S/C15H34O2Si.C12H28O2Si.C11H16O.C7H16O/c1-12(2)18(13(3)4,14(5)6)17-11-10-16-15(7,8)9;1-11(2,3)13-9-10-14-15(7,8)12(4,5)6;1-11(2,3)12-9-10-7-5-4-6-8-10;1-5-6-8-7(2,3)4/h12-14H,10-11H2,1-9H3;9-10H2,1-8H3;4-8H,9H2,1-3H3;5-6H2,1-4H3. The van der Waals surface area contributed by atoms with Crippen molar-refractivity contribution in [3.63, 3.8) is 0 Å². The third-order valence-electron chi connectivity index (χ3n) is 8.82. The van der Waals surface area contributed by atoms with Gasteiger partial charge >= 0.3 is 0 Å². The van der Waals surface area contributed by atoms with Gasteiger partial charge in [-0.2, -0.15) is 0 Å². The summed E-state index contributed by atoms with van der Waals surface area (Å²) in [6.07, 6.45) is 1.11. The highest BCUT2D eigenvalue weighted by molar-refractivity contribution is 6.77. The van der Waals surface area contributed by atoms with Crippen molar-refractivity contribution in [2.75, 3.05) is 33.0 Å². The SMILES string of the molecule is CC(C)(C)OCCO[Si](C)(C)C(C)(C)C.CC(C)(C)OCc1ccccc1.CC(C)[Si](OCCOC(C)(C)C)(C(C)C)C(C)C.CCCOC(C)(C)C. The first-order valence-electron chi connectivity index (χ1n) is 20.5. The number of hydrogen-bond donors (Lipinski definition) is 0. The van der Waals surface area contributed by atoms with E-state index in [0.717, 1.165) is 19.6 Å². The highest BCUT2D eigenvalue weighted by Crippen LogP contribution is 2.42. The summed E-state index contributed by atoms with van der Waals surface area (Å²) in [7, 11) is -3.29.